The normalized spacial score (nSPS) is 51.3. The fourth-order valence-corrected chi connectivity index (χ4v) is 6.41. The van der Waals surface area contributed by atoms with Crippen LogP contribution >= 0.6 is 0 Å². The maximum Gasteiger partial charge on any atom is 0.302 e. The van der Waals surface area contributed by atoms with Gasteiger partial charge in [-0.05, 0) is 31.6 Å². The molecule has 0 aromatic rings. The van der Waals surface area contributed by atoms with Gasteiger partial charge in [-0.1, -0.05) is 13.8 Å². The van der Waals surface area contributed by atoms with Crippen molar-refractivity contribution in [1.29, 1.82) is 5.26 Å². The van der Waals surface area contributed by atoms with Gasteiger partial charge in [0.1, 0.15) is 23.9 Å². The third kappa shape index (κ3) is 2.57. The van der Waals surface area contributed by atoms with Crippen LogP contribution in [0.5, 0.6) is 0 Å². The van der Waals surface area contributed by atoms with Crippen molar-refractivity contribution in [2.24, 2.45) is 23.2 Å². The number of fused-ring (bicyclic) bond motifs is 1. The van der Waals surface area contributed by atoms with Gasteiger partial charge < -0.3 is 24.1 Å². The molecule has 0 unspecified atom stereocenters. The molecule has 3 aliphatic rings. The van der Waals surface area contributed by atoms with Crippen LogP contribution in [0.3, 0.4) is 0 Å². The average molecular weight is 381 g/mol. The minimum Gasteiger partial charge on any atom is -0.463 e. The molecule has 1 aliphatic heterocycles. The van der Waals surface area contributed by atoms with Gasteiger partial charge in [0.25, 0.3) is 0 Å². The molecule has 2 bridgehead atoms. The van der Waals surface area contributed by atoms with Crippen molar-refractivity contribution >= 4 is 5.97 Å². The molecule has 7 heteroatoms. The van der Waals surface area contributed by atoms with Crippen LogP contribution in [0.2, 0.25) is 0 Å². The molecule has 0 amide bonds. The molecule has 7 nitrogen and oxygen atoms in total. The molecule has 0 aromatic heterocycles. The van der Waals surface area contributed by atoms with Crippen LogP contribution in [0.1, 0.15) is 40.5 Å². The van der Waals surface area contributed by atoms with Crippen LogP contribution in [0.25, 0.3) is 0 Å². The van der Waals surface area contributed by atoms with E-state index in [4.69, 9.17) is 18.9 Å². The Morgan fingerprint density at radius 3 is 2.41 bits per heavy atom. The number of esters is 1. The van der Waals surface area contributed by atoms with Crippen molar-refractivity contribution in [2.45, 2.75) is 70.1 Å². The topological polar surface area (TPSA) is 98.0 Å². The van der Waals surface area contributed by atoms with Gasteiger partial charge in [0, 0.05) is 27.1 Å². The Morgan fingerprint density at radius 1 is 1.26 bits per heavy atom. The Hall–Kier alpha value is -1.20. The third-order valence-corrected chi connectivity index (χ3v) is 7.17. The van der Waals surface area contributed by atoms with E-state index >= 15 is 0 Å². The number of nitrogens with zero attached hydrogens (tertiary/aromatic N) is 1. The summed E-state index contributed by atoms with van der Waals surface area (Å²) < 4.78 is 23.4. The lowest BCUT2D eigenvalue weighted by Crippen LogP contribution is -2.72. The van der Waals surface area contributed by atoms with Crippen LogP contribution in [-0.2, 0) is 23.7 Å². The van der Waals surface area contributed by atoms with Gasteiger partial charge in [-0.2, -0.15) is 5.26 Å². The molecule has 2 aliphatic carbocycles. The standard InChI is InChI=1S/C20H31NO6/c1-11-7-19(9-21)8-12(2)15(24-5)16(23)20(19)17(25-6)14(11)18(4,27-20)10-26-13(3)22/h11-12,14-17,23H,7-8,10H2,1-6H3/t11-,12+,14+,15-,16+,17+,18-,19+,20+/m0/s1. The third-order valence-electron chi connectivity index (χ3n) is 7.17. The van der Waals surface area contributed by atoms with Gasteiger partial charge in [0.05, 0.1) is 23.7 Å². The molecular formula is C20H31NO6. The van der Waals surface area contributed by atoms with Crippen molar-refractivity contribution in [1.82, 2.24) is 0 Å². The van der Waals surface area contributed by atoms with E-state index in [0.29, 0.717) is 12.8 Å². The van der Waals surface area contributed by atoms with Crippen molar-refractivity contribution in [3.05, 3.63) is 0 Å². The average Bonchev–Trinajstić information content (AvgIpc) is 2.84. The van der Waals surface area contributed by atoms with Crippen LogP contribution in [-0.4, -0.2) is 61.4 Å². The van der Waals surface area contributed by atoms with E-state index in [2.05, 4.69) is 13.0 Å². The molecule has 1 spiro atoms. The molecule has 27 heavy (non-hydrogen) atoms. The monoisotopic (exact) mass is 381 g/mol. The summed E-state index contributed by atoms with van der Waals surface area (Å²) >= 11 is 0. The number of nitriles is 1. The molecule has 1 saturated heterocycles. The number of methoxy groups -OCH3 is 2. The molecule has 1 N–H and O–H groups in total. The van der Waals surface area contributed by atoms with Crippen LogP contribution in [0, 0.1) is 34.5 Å². The van der Waals surface area contributed by atoms with Crippen LogP contribution in [0.15, 0.2) is 0 Å². The van der Waals surface area contributed by atoms with Gasteiger partial charge >= 0.3 is 5.97 Å². The second-order valence-corrected chi connectivity index (χ2v) is 8.87. The van der Waals surface area contributed by atoms with Crippen molar-refractivity contribution in [3.63, 3.8) is 0 Å². The van der Waals surface area contributed by atoms with E-state index in [0.717, 1.165) is 0 Å². The Balaban J connectivity index is 2.16. The van der Waals surface area contributed by atoms with E-state index < -0.39 is 34.9 Å². The Kier molecular flexibility index (Phi) is 5.09. The fraction of sp³-hybridized carbons (Fsp3) is 0.900. The molecule has 0 aromatic carbocycles. The first-order chi connectivity index (χ1) is 12.6. The molecule has 3 fully saturated rings. The Bertz CT molecular complexity index is 649. The highest BCUT2D eigenvalue weighted by Gasteiger charge is 2.79. The van der Waals surface area contributed by atoms with Gasteiger partial charge in [-0.25, -0.2) is 0 Å². The molecule has 3 rings (SSSR count). The summed E-state index contributed by atoms with van der Waals surface area (Å²) in [4.78, 5) is 11.4. The molecule has 152 valence electrons. The van der Waals surface area contributed by atoms with Gasteiger partial charge in [0.15, 0.2) is 0 Å². The summed E-state index contributed by atoms with van der Waals surface area (Å²) in [7, 11) is 3.16. The fourth-order valence-electron chi connectivity index (χ4n) is 6.41. The highest BCUT2D eigenvalue weighted by atomic mass is 16.6. The lowest BCUT2D eigenvalue weighted by molar-refractivity contribution is -0.282. The first-order valence-electron chi connectivity index (χ1n) is 9.61. The Labute approximate surface area is 160 Å². The summed E-state index contributed by atoms with van der Waals surface area (Å²) in [5.41, 5.74) is -2.98. The van der Waals surface area contributed by atoms with Gasteiger partial charge in [0.2, 0.25) is 0 Å². The maximum absolute atomic E-state index is 11.4. The van der Waals surface area contributed by atoms with E-state index in [9.17, 15) is 15.2 Å². The number of rotatable bonds is 4. The number of carbonyl (C=O) groups is 1. The summed E-state index contributed by atoms with van der Waals surface area (Å²) in [6.07, 6.45) is -0.831. The predicted molar refractivity (Wildman–Crippen MR) is 95.6 cm³/mol. The van der Waals surface area contributed by atoms with Crippen LogP contribution < -0.4 is 0 Å². The molecular weight excluding hydrogens is 350 g/mol. The summed E-state index contributed by atoms with van der Waals surface area (Å²) in [6, 6.07) is 2.51. The Morgan fingerprint density at radius 2 is 1.89 bits per heavy atom. The van der Waals surface area contributed by atoms with Crippen molar-refractivity contribution in [2.75, 3.05) is 20.8 Å². The number of aliphatic hydroxyl groups is 1. The van der Waals surface area contributed by atoms with Crippen LogP contribution in [0.4, 0.5) is 0 Å². The van der Waals surface area contributed by atoms with Gasteiger partial charge in [-0.3, -0.25) is 4.79 Å². The minimum atomic E-state index is -1.23. The highest BCUT2D eigenvalue weighted by Crippen LogP contribution is 2.67. The zero-order valence-electron chi connectivity index (χ0n) is 17.0. The minimum absolute atomic E-state index is 0.000423. The largest absolute Gasteiger partial charge is 0.463 e. The van der Waals surface area contributed by atoms with E-state index in [1.165, 1.54) is 6.92 Å². The van der Waals surface area contributed by atoms with Crippen molar-refractivity contribution in [3.8, 4) is 6.07 Å². The second kappa shape index (κ2) is 6.70. The predicted octanol–water partition coefficient (Wildman–Crippen LogP) is 1.67. The lowest BCUT2D eigenvalue weighted by Gasteiger charge is -2.59. The number of aliphatic hydroxyl groups excluding tert-OH is 1. The van der Waals surface area contributed by atoms with Crippen molar-refractivity contribution < 1.29 is 28.8 Å². The first-order valence-corrected chi connectivity index (χ1v) is 9.61. The lowest BCUT2D eigenvalue weighted by atomic mass is 9.49. The highest BCUT2D eigenvalue weighted by molar-refractivity contribution is 5.66. The van der Waals surface area contributed by atoms with E-state index in [1.807, 2.05) is 13.8 Å². The molecule has 2 saturated carbocycles. The van der Waals surface area contributed by atoms with Gasteiger partial charge in [-0.15, -0.1) is 0 Å². The number of hydrogen-bond acceptors (Lipinski definition) is 7. The number of hydrogen-bond donors (Lipinski definition) is 1. The smallest absolute Gasteiger partial charge is 0.302 e. The zero-order chi connectivity index (χ0) is 20.2. The maximum atomic E-state index is 11.4. The number of ether oxygens (including phenoxy) is 4. The first kappa shape index (κ1) is 20.5. The van der Waals surface area contributed by atoms with E-state index in [1.54, 1.807) is 14.2 Å². The second-order valence-electron chi connectivity index (χ2n) is 8.87. The summed E-state index contributed by atoms with van der Waals surface area (Å²) in [6.45, 7) is 7.38. The quantitative estimate of drug-likeness (QED) is 0.740. The summed E-state index contributed by atoms with van der Waals surface area (Å²) in [5.74, 6) is -0.409. The molecule has 9 atom stereocenters. The molecule has 0 radical (unpaired) electrons. The number of carbonyl (C=O) groups excluding carboxylic acids is 1. The zero-order valence-corrected chi connectivity index (χ0v) is 17.0. The SMILES string of the molecule is CO[C@H]1[C@H](C)C[C@@]2(C#N)C[C@H](C)[C@@H]3[C@@H](OC)[C@]2(O[C@@]3(C)COC(C)=O)[C@@H]1O. The molecule has 1 heterocycles. The summed E-state index contributed by atoms with van der Waals surface area (Å²) in [5, 5.41) is 21.7. The van der Waals surface area contributed by atoms with E-state index in [-0.39, 0.29) is 30.3 Å².